The van der Waals surface area contributed by atoms with Gasteiger partial charge in [0, 0.05) is 16.8 Å². The van der Waals surface area contributed by atoms with Crippen LogP contribution in [0.4, 0.5) is 5.69 Å². The molecule has 1 N–H and O–H groups in total. The third-order valence-corrected chi connectivity index (χ3v) is 4.09. The first-order valence-electron chi connectivity index (χ1n) is 8.32. The van der Waals surface area contributed by atoms with E-state index in [0.717, 1.165) is 27.9 Å². The number of carbonyl (C=O) groups is 1. The van der Waals surface area contributed by atoms with Gasteiger partial charge in [-0.15, -0.1) is 0 Å². The summed E-state index contributed by atoms with van der Waals surface area (Å²) in [6.45, 7) is 1.93. The van der Waals surface area contributed by atoms with Crippen LogP contribution in [0.15, 0.2) is 78.0 Å². The number of para-hydroxylation sites is 1. The van der Waals surface area contributed by atoms with E-state index in [1.807, 2.05) is 79.7 Å². The van der Waals surface area contributed by atoms with Crippen molar-refractivity contribution in [2.24, 2.45) is 5.16 Å². The Morgan fingerprint density at radius 3 is 2.38 bits per heavy atom. The lowest BCUT2D eigenvalue weighted by atomic mass is 10.0. The zero-order valence-corrected chi connectivity index (χ0v) is 14.8. The summed E-state index contributed by atoms with van der Waals surface area (Å²) in [5.41, 5.74) is 5.32. The van der Waals surface area contributed by atoms with Crippen LogP contribution >= 0.6 is 0 Å². The maximum Gasteiger partial charge on any atom is 0.255 e. The molecule has 130 valence electrons. The van der Waals surface area contributed by atoms with Crippen molar-refractivity contribution in [2.45, 2.75) is 6.92 Å². The van der Waals surface area contributed by atoms with E-state index in [0.29, 0.717) is 5.56 Å². The molecule has 0 aliphatic heterocycles. The Balaban J connectivity index is 1.88. The molecule has 4 nitrogen and oxygen atoms in total. The predicted molar refractivity (Wildman–Crippen MR) is 106 cm³/mol. The number of carbonyl (C=O) groups excluding carboxylic acids is 1. The lowest BCUT2D eigenvalue weighted by molar-refractivity contribution is 0.102. The Bertz CT molecular complexity index is 931. The van der Waals surface area contributed by atoms with Gasteiger partial charge in [0.2, 0.25) is 0 Å². The zero-order valence-electron chi connectivity index (χ0n) is 14.8. The molecule has 0 fully saturated rings. The van der Waals surface area contributed by atoms with Crippen LogP contribution in [0, 0.1) is 6.92 Å². The van der Waals surface area contributed by atoms with Crippen molar-refractivity contribution in [1.29, 1.82) is 0 Å². The van der Waals surface area contributed by atoms with Crippen LogP contribution in [0.3, 0.4) is 0 Å². The molecule has 3 aromatic rings. The van der Waals surface area contributed by atoms with E-state index in [1.54, 1.807) is 6.21 Å². The molecule has 0 radical (unpaired) electrons. The van der Waals surface area contributed by atoms with Crippen molar-refractivity contribution in [3.05, 3.63) is 89.5 Å². The van der Waals surface area contributed by atoms with Crippen LogP contribution in [0.25, 0.3) is 11.1 Å². The van der Waals surface area contributed by atoms with Gasteiger partial charge < -0.3 is 10.2 Å². The molecule has 0 saturated carbocycles. The Labute approximate surface area is 153 Å². The summed E-state index contributed by atoms with van der Waals surface area (Å²) in [5, 5.41) is 6.79. The summed E-state index contributed by atoms with van der Waals surface area (Å²) < 4.78 is 0. The second-order valence-electron chi connectivity index (χ2n) is 5.85. The highest BCUT2D eigenvalue weighted by molar-refractivity contribution is 6.07. The van der Waals surface area contributed by atoms with Crippen LogP contribution in [0.5, 0.6) is 0 Å². The second-order valence-corrected chi connectivity index (χ2v) is 5.85. The van der Waals surface area contributed by atoms with Gasteiger partial charge in [-0.25, -0.2) is 0 Å². The van der Waals surface area contributed by atoms with Crippen LogP contribution in [-0.4, -0.2) is 19.2 Å². The largest absolute Gasteiger partial charge is 0.399 e. The molecular weight excluding hydrogens is 324 g/mol. The molecule has 0 aliphatic rings. The zero-order chi connectivity index (χ0) is 18.4. The van der Waals surface area contributed by atoms with Gasteiger partial charge in [-0.2, -0.15) is 0 Å². The number of amides is 1. The number of nitrogens with one attached hydrogen (secondary N) is 1. The average Bonchev–Trinajstić information content (AvgIpc) is 2.67. The number of rotatable bonds is 5. The maximum absolute atomic E-state index is 12.6. The smallest absolute Gasteiger partial charge is 0.255 e. The van der Waals surface area contributed by atoms with Crippen molar-refractivity contribution < 1.29 is 9.63 Å². The van der Waals surface area contributed by atoms with Crippen molar-refractivity contribution in [3.63, 3.8) is 0 Å². The average molecular weight is 344 g/mol. The van der Waals surface area contributed by atoms with E-state index in [9.17, 15) is 4.79 Å². The van der Waals surface area contributed by atoms with Crippen LogP contribution in [-0.2, 0) is 4.84 Å². The molecule has 0 heterocycles. The Kier molecular flexibility index (Phi) is 5.44. The van der Waals surface area contributed by atoms with E-state index in [2.05, 4.69) is 10.5 Å². The van der Waals surface area contributed by atoms with Crippen molar-refractivity contribution in [2.75, 3.05) is 12.4 Å². The van der Waals surface area contributed by atoms with E-state index in [-0.39, 0.29) is 5.91 Å². The molecule has 26 heavy (non-hydrogen) atoms. The van der Waals surface area contributed by atoms with Gasteiger partial charge in [-0.05, 0) is 35.7 Å². The number of anilines is 1. The maximum atomic E-state index is 12.6. The first-order chi connectivity index (χ1) is 12.7. The van der Waals surface area contributed by atoms with Gasteiger partial charge in [0.25, 0.3) is 5.91 Å². The van der Waals surface area contributed by atoms with Gasteiger partial charge in [-0.1, -0.05) is 65.8 Å². The van der Waals surface area contributed by atoms with Crippen LogP contribution in [0.2, 0.25) is 0 Å². The van der Waals surface area contributed by atoms with E-state index < -0.39 is 0 Å². The number of hydrogen-bond donors (Lipinski definition) is 1. The first-order valence-corrected chi connectivity index (χ1v) is 8.32. The van der Waals surface area contributed by atoms with Crippen LogP contribution in [0.1, 0.15) is 21.5 Å². The highest BCUT2D eigenvalue weighted by atomic mass is 16.6. The second kappa shape index (κ2) is 8.12. The summed E-state index contributed by atoms with van der Waals surface area (Å²) in [6, 6.07) is 23.2. The minimum Gasteiger partial charge on any atom is -0.399 e. The Morgan fingerprint density at radius 2 is 1.65 bits per heavy atom. The minimum atomic E-state index is -0.112. The lowest BCUT2D eigenvalue weighted by Crippen LogP contribution is -2.13. The quantitative estimate of drug-likeness (QED) is 0.529. The van der Waals surface area contributed by atoms with Gasteiger partial charge in [0.05, 0.1) is 6.21 Å². The number of oxime groups is 1. The fraction of sp³-hybridized carbons (Fsp3) is 0.0909. The number of benzene rings is 3. The third-order valence-electron chi connectivity index (χ3n) is 4.09. The fourth-order valence-electron chi connectivity index (χ4n) is 2.72. The molecular formula is C22H20N2O2. The molecule has 1 amide bonds. The molecule has 3 aromatic carbocycles. The summed E-state index contributed by atoms with van der Waals surface area (Å²) in [6.07, 6.45) is 1.65. The summed E-state index contributed by atoms with van der Waals surface area (Å²) in [4.78, 5) is 17.3. The number of hydrogen-bond acceptors (Lipinski definition) is 3. The SMILES string of the molecule is CON=Cc1ccc(-c2ccccc2NC(=O)c2ccccc2C)cc1. The predicted octanol–water partition coefficient (Wildman–Crippen LogP) is 4.89. The highest BCUT2D eigenvalue weighted by Gasteiger charge is 2.11. The molecule has 0 unspecified atom stereocenters. The van der Waals surface area contributed by atoms with Gasteiger partial charge >= 0.3 is 0 Å². The number of aryl methyl sites for hydroxylation is 1. The summed E-state index contributed by atoms with van der Waals surface area (Å²) in [7, 11) is 1.51. The number of nitrogens with zero attached hydrogens (tertiary/aromatic N) is 1. The van der Waals surface area contributed by atoms with E-state index in [4.69, 9.17) is 4.84 Å². The van der Waals surface area contributed by atoms with Crippen LogP contribution < -0.4 is 5.32 Å². The summed E-state index contributed by atoms with van der Waals surface area (Å²) in [5.74, 6) is -0.112. The standard InChI is InChI=1S/C22H20N2O2/c1-16-7-3-4-8-19(16)22(25)24-21-10-6-5-9-20(21)18-13-11-17(12-14-18)15-23-26-2/h3-15H,1-2H3,(H,24,25). The Morgan fingerprint density at radius 1 is 0.962 bits per heavy atom. The van der Waals surface area contributed by atoms with Crippen molar-refractivity contribution in [1.82, 2.24) is 0 Å². The van der Waals surface area contributed by atoms with E-state index in [1.165, 1.54) is 7.11 Å². The topological polar surface area (TPSA) is 50.7 Å². The Hall–Kier alpha value is -3.40. The minimum absolute atomic E-state index is 0.112. The third kappa shape index (κ3) is 3.98. The monoisotopic (exact) mass is 344 g/mol. The molecule has 0 bridgehead atoms. The van der Waals surface area contributed by atoms with Gasteiger partial charge in [-0.3, -0.25) is 4.79 Å². The molecule has 4 heteroatoms. The highest BCUT2D eigenvalue weighted by Crippen LogP contribution is 2.28. The normalized spacial score (nSPS) is 10.7. The molecule has 0 spiro atoms. The van der Waals surface area contributed by atoms with E-state index >= 15 is 0 Å². The molecule has 0 saturated heterocycles. The first kappa shape index (κ1) is 17.4. The van der Waals surface area contributed by atoms with Crippen molar-refractivity contribution >= 4 is 17.8 Å². The summed E-state index contributed by atoms with van der Waals surface area (Å²) >= 11 is 0. The lowest BCUT2D eigenvalue weighted by Gasteiger charge is -2.12. The van der Waals surface area contributed by atoms with Crippen molar-refractivity contribution in [3.8, 4) is 11.1 Å². The molecule has 0 aliphatic carbocycles. The molecule has 0 atom stereocenters. The fourth-order valence-corrected chi connectivity index (χ4v) is 2.72. The van der Waals surface area contributed by atoms with Gasteiger partial charge in [0.1, 0.15) is 7.11 Å². The molecule has 3 rings (SSSR count). The molecule has 0 aromatic heterocycles. The van der Waals surface area contributed by atoms with Gasteiger partial charge in [0.15, 0.2) is 0 Å².